The van der Waals surface area contributed by atoms with Crippen molar-refractivity contribution >= 4 is 27.3 Å². The molecule has 0 aliphatic heterocycles. The van der Waals surface area contributed by atoms with Crippen molar-refractivity contribution in [3.8, 4) is 21.8 Å². The second kappa shape index (κ2) is 5.14. The molecule has 102 valence electrons. The van der Waals surface area contributed by atoms with E-state index in [2.05, 4.69) is 39.4 Å². The summed E-state index contributed by atoms with van der Waals surface area (Å²) in [5.74, 6) is 0. The van der Waals surface area contributed by atoms with Crippen molar-refractivity contribution in [2.75, 3.05) is 0 Å². The van der Waals surface area contributed by atoms with Gasteiger partial charge >= 0.3 is 0 Å². The highest BCUT2D eigenvalue weighted by Gasteiger charge is 2.15. The molecule has 0 aliphatic carbocycles. The van der Waals surface area contributed by atoms with E-state index in [1.807, 2.05) is 36.9 Å². The molecule has 0 radical (unpaired) electrons. The van der Waals surface area contributed by atoms with Crippen LogP contribution in [0.4, 0.5) is 0 Å². The summed E-state index contributed by atoms with van der Waals surface area (Å²) in [6.07, 6.45) is 0. The highest BCUT2D eigenvalue weighted by molar-refractivity contribution is 9.10. The Kier molecular flexibility index (Phi) is 3.48. The third-order valence-corrected chi connectivity index (χ3v) is 4.94. The van der Waals surface area contributed by atoms with E-state index in [1.165, 1.54) is 0 Å². The van der Waals surface area contributed by atoms with Crippen LogP contribution in [0.1, 0.15) is 11.4 Å². The normalized spacial score (nSPS) is 11.0. The van der Waals surface area contributed by atoms with E-state index in [4.69, 9.17) is 4.98 Å². The fourth-order valence-electron chi connectivity index (χ4n) is 2.29. The minimum Gasteiger partial charge on any atom is -0.272 e. The van der Waals surface area contributed by atoms with E-state index in [9.17, 15) is 0 Å². The van der Waals surface area contributed by atoms with E-state index in [1.54, 1.807) is 11.3 Å². The van der Waals surface area contributed by atoms with Crippen LogP contribution in [-0.4, -0.2) is 14.8 Å². The van der Waals surface area contributed by atoms with E-state index in [0.717, 1.165) is 37.7 Å². The quantitative estimate of drug-likeness (QED) is 0.678. The molecule has 2 aromatic heterocycles. The Balaban J connectivity index is 2.09. The first-order chi connectivity index (χ1) is 9.58. The van der Waals surface area contributed by atoms with E-state index < -0.39 is 0 Å². The molecule has 20 heavy (non-hydrogen) atoms. The number of aromatic nitrogens is 3. The number of hydrogen-bond donors (Lipinski definition) is 0. The van der Waals surface area contributed by atoms with Gasteiger partial charge in [0.05, 0.1) is 11.4 Å². The lowest BCUT2D eigenvalue weighted by Crippen LogP contribution is -1.92. The van der Waals surface area contributed by atoms with Crippen LogP contribution in [0.15, 0.2) is 34.1 Å². The van der Waals surface area contributed by atoms with E-state index in [0.29, 0.717) is 0 Å². The highest BCUT2D eigenvalue weighted by atomic mass is 79.9. The molecule has 3 nitrogen and oxygen atoms in total. The zero-order valence-electron chi connectivity index (χ0n) is 11.5. The molecule has 0 atom stereocenters. The molecule has 3 aromatic rings. The topological polar surface area (TPSA) is 30.7 Å². The van der Waals surface area contributed by atoms with Crippen LogP contribution in [0, 0.1) is 13.8 Å². The minimum absolute atomic E-state index is 1.00. The number of benzene rings is 1. The molecule has 0 saturated heterocycles. The Morgan fingerprint density at radius 3 is 2.60 bits per heavy atom. The highest BCUT2D eigenvalue weighted by Crippen LogP contribution is 2.34. The summed E-state index contributed by atoms with van der Waals surface area (Å²) in [6, 6.07) is 8.16. The van der Waals surface area contributed by atoms with Crippen molar-refractivity contribution in [2.45, 2.75) is 13.8 Å². The molecular formula is C15H14BrN3S. The Labute approximate surface area is 130 Å². The van der Waals surface area contributed by atoms with Crippen LogP contribution in [0.5, 0.6) is 0 Å². The van der Waals surface area contributed by atoms with Crippen molar-refractivity contribution in [2.24, 2.45) is 7.05 Å². The summed E-state index contributed by atoms with van der Waals surface area (Å²) in [7, 11) is 1.97. The Morgan fingerprint density at radius 1 is 1.20 bits per heavy atom. The zero-order valence-corrected chi connectivity index (χ0v) is 13.9. The maximum atomic E-state index is 4.78. The van der Waals surface area contributed by atoms with Crippen LogP contribution in [0.25, 0.3) is 21.8 Å². The summed E-state index contributed by atoms with van der Waals surface area (Å²) >= 11 is 5.24. The van der Waals surface area contributed by atoms with Gasteiger partial charge in [-0.3, -0.25) is 4.68 Å². The summed E-state index contributed by atoms with van der Waals surface area (Å²) in [4.78, 5) is 4.78. The predicted molar refractivity (Wildman–Crippen MR) is 86.9 cm³/mol. The zero-order chi connectivity index (χ0) is 14.3. The molecule has 2 heterocycles. The Morgan fingerprint density at radius 2 is 1.95 bits per heavy atom. The van der Waals surface area contributed by atoms with Crippen molar-refractivity contribution < 1.29 is 0 Å². The first-order valence-electron chi connectivity index (χ1n) is 6.29. The maximum absolute atomic E-state index is 4.78. The number of halogens is 1. The summed E-state index contributed by atoms with van der Waals surface area (Å²) in [5, 5.41) is 7.58. The van der Waals surface area contributed by atoms with Gasteiger partial charge < -0.3 is 0 Å². The monoisotopic (exact) mass is 347 g/mol. The van der Waals surface area contributed by atoms with Gasteiger partial charge in [0.15, 0.2) is 0 Å². The van der Waals surface area contributed by atoms with Crippen LogP contribution >= 0.6 is 27.3 Å². The SMILES string of the molecule is Cc1nn(C)c(C)c1-c1csc(-c2ccccc2Br)n1. The average Bonchev–Trinajstić information content (AvgIpc) is 2.96. The summed E-state index contributed by atoms with van der Waals surface area (Å²) in [6.45, 7) is 4.10. The summed E-state index contributed by atoms with van der Waals surface area (Å²) < 4.78 is 2.97. The lowest BCUT2D eigenvalue weighted by Gasteiger charge is -2.00. The van der Waals surface area contributed by atoms with Gasteiger partial charge in [-0.15, -0.1) is 11.3 Å². The first kappa shape index (κ1) is 13.5. The molecule has 5 heteroatoms. The number of thiazole rings is 1. The third-order valence-electron chi connectivity index (χ3n) is 3.37. The molecule has 3 rings (SSSR count). The molecular weight excluding hydrogens is 334 g/mol. The molecule has 0 N–H and O–H groups in total. The molecule has 0 aliphatic rings. The molecule has 0 spiro atoms. The first-order valence-corrected chi connectivity index (χ1v) is 7.96. The minimum atomic E-state index is 1.00. The van der Waals surface area contributed by atoms with Gasteiger partial charge in [0.2, 0.25) is 0 Å². The number of rotatable bonds is 2. The fraction of sp³-hybridized carbons (Fsp3) is 0.200. The lowest BCUT2D eigenvalue weighted by atomic mass is 10.1. The van der Waals surface area contributed by atoms with Gasteiger partial charge in [0.25, 0.3) is 0 Å². The van der Waals surface area contributed by atoms with Crippen molar-refractivity contribution in [1.29, 1.82) is 0 Å². The number of aryl methyl sites for hydroxylation is 2. The van der Waals surface area contributed by atoms with Crippen molar-refractivity contribution in [3.05, 3.63) is 45.5 Å². The smallest absolute Gasteiger partial charge is 0.125 e. The Bertz CT molecular complexity index is 773. The van der Waals surface area contributed by atoms with Crippen LogP contribution in [0.3, 0.4) is 0 Å². The third kappa shape index (κ3) is 2.21. The van der Waals surface area contributed by atoms with Crippen LogP contribution < -0.4 is 0 Å². The molecule has 1 aromatic carbocycles. The second-order valence-corrected chi connectivity index (χ2v) is 6.40. The van der Waals surface area contributed by atoms with Crippen molar-refractivity contribution in [1.82, 2.24) is 14.8 Å². The van der Waals surface area contributed by atoms with Gasteiger partial charge in [-0.25, -0.2) is 4.98 Å². The van der Waals surface area contributed by atoms with Crippen molar-refractivity contribution in [3.63, 3.8) is 0 Å². The number of nitrogens with zero attached hydrogens (tertiary/aromatic N) is 3. The average molecular weight is 348 g/mol. The van der Waals surface area contributed by atoms with E-state index >= 15 is 0 Å². The van der Waals surface area contributed by atoms with Gasteiger partial charge in [-0.2, -0.15) is 5.10 Å². The Hall–Kier alpha value is -1.46. The standard InChI is InChI=1S/C15H14BrN3S/c1-9-14(10(2)19(3)18-9)13-8-20-15(17-13)11-6-4-5-7-12(11)16/h4-8H,1-3H3. The molecule has 0 unspecified atom stereocenters. The van der Waals surface area contributed by atoms with Gasteiger partial charge in [0.1, 0.15) is 5.01 Å². The van der Waals surface area contributed by atoms with E-state index in [-0.39, 0.29) is 0 Å². The lowest BCUT2D eigenvalue weighted by molar-refractivity contribution is 0.731. The second-order valence-electron chi connectivity index (χ2n) is 4.69. The van der Waals surface area contributed by atoms with Gasteiger partial charge in [0, 0.05) is 33.7 Å². The van der Waals surface area contributed by atoms with Gasteiger partial charge in [-0.1, -0.05) is 34.1 Å². The predicted octanol–water partition coefficient (Wildman–Crippen LogP) is 4.59. The van der Waals surface area contributed by atoms with Gasteiger partial charge in [-0.05, 0) is 19.9 Å². The van der Waals surface area contributed by atoms with Crippen LogP contribution in [0.2, 0.25) is 0 Å². The summed E-state index contributed by atoms with van der Waals surface area (Å²) in [5.41, 5.74) is 5.44. The molecule has 0 amide bonds. The van der Waals surface area contributed by atoms with Crippen LogP contribution in [-0.2, 0) is 7.05 Å². The molecule has 0 saturated carbocycles. The molecule has 0 bridgehead atoms. The molecule has 0 fully saturated rings. The fourth-order valence-corrected chi connectivity index (χ4v) is 3.74. The number of hydrogen-bond acceptors (Lipinski definition) is 3. The largest absolute Gasteiger partial charge is 0.272 e. The maximum Gasteiger partial charge on any atom is 0.125 e.